The van der Waals surface area contributed by atoms with Crippen LogP contribution in [-0.4, -0.2) is 33.0 Å². The van der Waals surface area contributed by atoms with E-state index in [-0.39, 0.29) is 12.5 Å². The van der Waals surface area contributed by atoms with Gasteiger partial charge >= 0.3 is 5.97 Å². The van der Waals surface area contributed by atoms with E-state index in [0.29, 0.717) is 11.3 Å². The molecule has 110 valence electrons. The SMILES string of the molecule is CSc1ccc(C)c(C(=O)Nc2cnn(CC(=O)O)c2)c1. The van der Waals surface area contributed by atoms with E-state index >= 15 is 0 Å². The first kappa shape index (κ1) is 15.1. The number of nitrogens with zero attached hydrogens (tertiary/aromatic N) is 2. The zero-order chi connectivity index (χ0) is 15.4. The second kappa shape index (κ2) is 6.45. The largest absolute Gasteiger partial charge is 0.480 e. The fraction of sp³-hybridized carbons (Fsp3) is 0.214. The maximum Gasteiger partial charge on any atom is 0.325 e. The lowest BCUT2D eigenvalue weighted by atomic mass is 10.1. The third kappa shape index (κ3) is 3.85. The molecule has 0 radical (unpaired) electrons. The first-order valence-electron chi connectivity index (χ1n) is 6.20. The summed E-state index contributed by atoms with van der Waals surface area (Å²) in [7, 11) is 0. The molecule has 2 rings (SSSR count). The summed E-state index contributed by atoms with van der Waals surface area (Å²) in [6.07, 6.45) is 4.86. The average Bonchev–Trinajstić information content (AvgIpc) is 2.85. The predicted molar refractivity (Wildman–Crippen MR) is 80.8 cm³/mol. The number of hydrogen-bond donors (Lipinski definition) is 2. The smallest absolute Gasteiger partial charge is 0.325 e. The van der Waals surface area contributed by atoms with Crippen molar-refractivity contribution in [3.05, 3.63) is 41.7 Å². The summed E-state index contributed by atoms with van der Waals surface area (Å²) in [6, 6.07) is 5.69. The van der Waals surface area contributed by atoms with Crippen LogP contribution in [0.4, 0.5) is 5.69 Å². The van der Waals surface area contributed by atoms with Crippen molar-refractivity contribution in [1.82, 2.24) is 9.78 Å². The minimum Gasteiger partial charge on any atom is -0.480 e. The molecular formula is C14H15N3O3S. The van der Waals surface area contributed by atoms with E-state index < -0.39 is 5.97 Å². The van der Waals surface area contributed by atoms with Crippen molar-refractivity contribution in [2.75, 3.05) is 11.6 Å². The van der Waals surface area contributed by atoms with Gasteiger partial charge in [-0.25, -0.2) is 0 Å². The van der Waals surface area contributed by atoms with Crippen LogP contribution in [0, 0.1) is 6.92 Å². The Hall–Kier alpha value is -2.28. The zero-order valence-corrected chi connectivity index (χ0v) is 12.5. The van der Waals surface area contributed by atoms with Crippen molar-refractivity contribution >= 4 is 29.3 Å². The molecule has 0 aliphatic carbocycles. The lowest BCUT2D eigenvalue weighted by Gasteiger charge is -2.07. The van der Waals surface area contributed by atoms with Gasteiger partial charge in [-0.2, -0.15) is 5.10 Å². The molecule has 1 aromatic carbocycles. The Morgan fingerprint density at radius 1 is 1.43 bits per heavy atom. The van der Waals surface area contributed by atoms with Crippen LogP contribution in [0.15, 0.2) is 35.5 Å². The second-order valence-corrected chi connectivity index (χ2v) is 5.33. The number of aliphatic carboxylic acids is 1. The number of amides is 1. The highest BCUT2D eigenvalue weighted by molar-refractivity contribution is 7.98. The second-order valence-electron chi connectivity index (χ2n) is 4.46. The van der Waals surface area contributed by atoms with Crippen LogP contribution in [0.1, 0.15) is 15.9 Å². The number of anilines is 1. The zero-order valence-electron chi connectivity index (χ0n) is 11.7. The van der Waals surface area contributed by atoms with Gasteiger partial charge in [0.2, 0.25) is 0 Å². The van der Waals surface area contributed by atoms with Crippen LogP contribution in [0.5, 0.6) is 0 Å². The van der Waals surface area contributed by atoms with E-state index in [2.05, 4.69) is 10.4 Å². The molecule has 0 bridgehead atoms. The van der Waals surface area contributed by atoms with Gasteiger partial charge in [0.15, 0.2) is 0 Å². The molecule has 6 nitrogen and oxygen atoms in total. The highest BCUT2D eigenvalue weighted by atomic mass is 32.2. The van der Waals surface area contributed by atoms with Crippen molar-refractivity contribution in [3.63, 3.8) is 0 Å². The maximum atomic E-state index is 12.3. The molecule has 0 saturated carbocycles. The lowest BCUT2D eigenvalue weighted by Crippen LogP contribution is -2.13. The number of hydrogen-bond acceptors (Lipinski definition) is 4. The summed E-state index contributed by atoms with van der Waals surface area (Å²) >= 11 is 1.56. The molecule has 21 heavy (non-hydrogen) atoms. The summed E-state index contributed by atoms with van der Waals surface area (Å²) in [4.78, 5) is 23.9. The van der Waals surface area contributed by atoms with Gasteiger partial charge in [0.05, 0.1) is 11.9 Å². The third-order valence-electron chi connectivity index (χ3n) is 2.88. The molecule has 1 amide bonds. The van der Waals surface area contributed by atoms with Gasteiger partial charge in [-0.15, -0.1) is 11.8 Å². The fourth-order valence-electron chi connectivity index (χ4n) is 1.82. The minimum absolute atomic E-state index is 0.238. The van der Waals surface area contributed by atoms with Crippen LogP contribution in [-0.2, 0) is 11.3 Å². The van der Waals surface area contributed by atoms with Crippen molar-refractivity contribution in [1.29, 1.82) is 0 Å². The maximum absolute atomic E-state index is 12.3. The predicted octanol–water partition coefficient (Wildman–Crippen LogP) is 2.25. The molecule has 0 fully saturated rings. The molecule has 1 heterocycles. The Morgan fingerprint density at radius 3 is 2.86 bits per heavy atom. The Morgan fingerprint density at radius 2 is 2.19 bits per heavy atom. The molecule has 2 aromatic rings. The Bertz CT molecular complexity index is 682. The van der Waals surface area contributed by atoms with E-state index in [9.17, 15) is 9.59 Å². The topological polar surface area (TPSA) is 84.2 Å². The first-order chi connectivity index (χ1) is 9.99. The molecule has 0 unspecified atom stereocenters. The van der Waals surface area contributed by atoms with Gasteiger partial charge in [-0.3, -0.25) is 14.3 Å². The van der Waals surface area contributed by atoms with E-state index in [1.54, 1.807) is 11.8 Å². The van der Waals surface area contributed by atoms with Crippen molar-refractivity contribution in [2.45, 2.75) is 18.4 Å². The van der Waals surface area contributed by atoms with Gasteiger partial charge in [0.1, 0.15) is 6.54 Å². The molecule has 0 saturated heterocycles. The van der Waals surface area contributed by atoms with E-state index in [4.69, 9.17) is 5.11 Å². The molecule has 7 heteroatoms. The summed E-state index contributed by atoms with van der Waals surface area (Å²) in [5.74, 6) is -1.22. The number of aromatic nitrogens is 2. The highest BCUT2D eigenvalue weighted by Crippen LogP contribution is 2.20. The number of carboxylic acid groups (broad SMARTS) is 1. The summed E-state index contributed by atoms with van der Waals surface area (Å²) in [5, 5.41) is 15.3. The first-order valence-corrected chi connectivity index (χ1v) is 7.42. The minimum atomic E-state index is -0.987. The van der Waals surface area contributed by atoms with Crippen LogP contribution in [0.3, 0.4) is 0 Å². The van der Waals surface area contributed by atoms with Gasteiger partial charge in [0.25, 0.3) is 5.91 Å². The molecule has 2 N–H and O–H groups in total. The number of aryl methyl sites for hydroxylation is 1. The van der Waals surface area contributed by atoms with Gasteiger partial charge in [0, 0.05) is 16.7 Å². The standard InChI is InChI=1S/C14H15N3O3S/c1-9-3-4-11(21-2)5-12(9)14(20)16-10-6-15-17(7-10)8-13(18)19/h3-7H,8H2,1-2H3,(H,16,20)(H,18,19). The van der Waals surface area contributed by atoms with Crippen LogP contribution < -0.4 is 5.32 Å². The van der Waals surface area contributed by atoms with Crippen LogP contribution in [0.25, 0.3) is 0 Å². The molecule has 0 aliphatic rings. The number of carbonyl (C=O) groups is 2. The van der Waals surface area contributed by atoms with E-state index in [0.717, 1.165) is 10.5 Å². The molecule has 0 spiro atoms. The van der Waals surface area contributed by atoms with E-state index in [1.807, 2.05) is 31.4 Å². The molecule has 1 aromatic heterocycles. The average molecular weight is 305 g/mol. The third-order valence-corrected chi connectivity index (χ3v) is 3.60. The normalized spacial score (nSPS) is 10.4. The van der Waals surface area contributed by atoms with Gasteiger partial charge < -0.3 is 10.4 Å². The number of carbonyl (C=O) groups excluding carboxylic acids is 1. The van der Waals surface area contributed by atoms with Gasteiger partial charge in [-0.1, -0.05) is 6.07 Å². The van der Waals surface area contributed by atoms with E-state index in [1.165, 1.54) is 17.1 Å². The highest BCUT2D eigenvalue weighted by Gasteiger charge is 2.11. The molecular weight excluding hydrogens is 290 g/mol. The fourth-order valence-corrected chi connectivity index (χ4v) is 2.26. The number of nitrogens with one attached hydrogen (secondary N) is 1. The Balaban J connectivity index is 2.14. The van der Waals surface area contributed by atoms with Crippen LogP contribution in [0.2, 0.25) is 0 Å². The van der Waals surface area contributed by atoms with Crippen molar-refractivity contribution in [2.24, 2.45) is 0 Å². The van der Waals surface area contributed by atoms with Crippen LogP contribution >= 0.6 is 11.8 Å². The molecule has 0 aliphatic heterocycles. The monoisotopic (exact) mass is 305 g/mol. The summed E-state index contributed by atoms with van der Waals surface area (Å²) in [6.45, 7) is 1.63. The van der Waals surface area contributed by atoms with Crippen molar-refractivity contribution in [3.8, 4) is 0 Å². The number of benzene rings is 1. The Kier molecular flexibility index (Phi) is 4.64. The number of rotatable bonds is 5. The summed E-state index contributed by atoms with van der Waals surface area (Å²) in [5.41, 5.74) is 1.94. The number of thioether (sulfide) groups is 1. The molecule has 0 atom stereocenters. The lowest BCUT2D eigenvalue weighted by molar-refractivity contribution is -0.137. The number of carboxylic acids is 1. The van der Waals surface area contributed by atoms with Crippen molar-refractivity contribution < 1.29 is 14.7 Å². The Labute approximate surface area is 126 Å². The summed E-state index contributed by atoms with van der Waals surface area (Å²) < 4.78 is 1.25. The quantitative estimate of drug-likeness (QED) is 0.828. The van der Waals surface area contributed by atoms with Gasteiger partial charge in [-0.05, 0) is 30.9 Å².